The number of ether oxygens (including phenoxy) is 1. The Morgan fingerprint density at radius 3 is 3.11 bits per heavy atom. The van der Waals surface area contributed by atoms with Gasteiger partial charge in [-0.15, -0.1) is 0 Å². The number of thioether (sulfide) groups is 1. The van der Waals surface area contributed by atoms with Crippen LogP contribution in [0.1, 0.15) is 42.2 Å². The average molecular weight is 265 g/mol. The van der Waals surface area contributed by atoms with Crippen molar-refractivity contribution in [3.05, 3.63) is 22.8 Å². The number of fused-ring (bicyclic) bond motifs is 1. The van der Waals surface area contributed by atoms with E-state index in [1.165, 1.54) is 17.0 Å². The molecule has 0 bridgehead atoms. The SMILES string of the molecule is CCCc1nc(C2CSCCO2)nc2c1CNC2. The van der Waals surface area contributed by atoms with Crippen molar-refractivity contribution in [3.63, 3.8) is 0 Å². The Morgan fingerprint density at radius 1 is 1.39 bits per heavy atom. The maximum Gasteiger partial charge on any atom is 0.158 e. The van der Waals surface area contributed by atoms with Crippen molar-refractivity contribution in [3.8, 4) is 0 Å². The first-order chi connectivity index (χ1) is 8.88. The third-order valence-corrected chi connectivity index (χ3v) is 4.37. The molecule has 0 radical (unpaired) electrons. The maximum absolute atomic E-state index is 5.79. The first kappa shape index (κ1) is 12.4. The number of aromatic nitrogens is 2. The highest BCUT2D eigenvalue weighted by molar-refractivity contribution is 7.99. The third kappa shape index (κ3) is 2.39. The second kappa shape index (κ2) is 5.55. The van der Waals surface area contributed by atoms with Gasteiger partial charge < -0.3 is 10.1 Å². The number of nitrogens with one attached hydrogen (secondary N) is 1. The van der Waals surface area contributed by atoms with Crippen molar-refractivity contribution in [2.24, 2.45) is 0 Å². The minimum Gasteiger partial charge on any atom is -0.368 e. The van der Waals surface area contributed by atoms with E-state index in [2.05, 4.69) is 12.2 Å². The molecule has 5 heteroatoms. The normalized spacial score (nSPS) is 23.1. The lowest BCUT2D eigenvalue weighted by Gasteiger charge is -2.22. The lowest BCUT2D eigenvalue weighted by Crippen LogP contribution is -2.19. The first-order valence-corrected chi connectivity index (χ1v) is 7.82. The van der Waals surface area contributed by atoms with Crippen LogP contribution in [-0.2, 0) is 24.2 Å². The molecule has 3 rings (SSSR count). The molecule has 0 aliphatic carbocycles. The number of rotatable bonds is 3. The molecule has 4 nitrogen and oxygen atoms in total. The van der Waals surface area contributed by atoms with E-state index in [1.807, 2.05) is 11.8 Å². The van der Waals surface area contributed by atoms with Crippen LogP contribution < -0.4 is 5.32 Å². The van der Waals surface area contributed by atoms with Crippen molar-refractivity contribution in [1.29, 1.82) is 0 Å². The van der Waals surface area contributed by atoms with E-state index in [1.54, 1.807) is 0 Å². The molecule has 1 aromatic rings. The summed E-state index contributed by atoms with van der Waals surface area (Å²) < 4.78 is 5.79. The molecule has 2 aliphatic rings. The fourth-order valence-corrected chi connectivity index (χ4v) is 3.32. The van der Waals surface area contributed by atoms with Crippen LogP contribution in [-0.4, -0.2) is 28.1 Å². The summed E-state index contributed by atoms with van der Waals surface area (Å²) in [6, 6.07) is 0. The number of hydrogen-bond acceptors (Lipinski definition) is 5. The van der Waals surface area contributed by atoms with Crippen LogP contribution in [0.4, 0.5) is 0 Å². The molecule has 0 spiro atoms. The first-order valence-electron chi connectivity index (χ1n) is 6.67. The van der Waals surface area contributed by atoms with Crippen LogP contribution in [0.3, 0.4) is 0 Å². The summed E-state index contributed by atoms with van der Waals surface area (Å²) in [5.74, 6) is 2.97. The van der Waals surface area contributed by atoms with E-state index >= 15 is 0 Å². The zero-order chi connectivity index (χ0) is 12.4. The van der Waals surface area contributed by atoms with Gasteiger partial charge in [-0.3, -0.25) is 0 Å². The summed E-state index contributed by atoms with van der Waals surface area (Å²) in [5, 5.41) is 3.37. The number of aryl methyl sites for hydroxylation is 1. The Morgan fingerprint density at radius 2 is 2.33 bits per heavy atom. The summed E-state index contributed by atoms with van der Waals surface area (Å²) in [7, 11) is 0. The van der Waals surface area contributed by atoms with Crippen LogP contribution in [0.25, 0.3) is 0 Å². The van der Waals surface area contributed by atoms with Crippen LogP contribution in [0.2, 0.25) is 0 Å². The Bertz CT molecular complexity index is 432. The van der Waals surface area contributed by atoms with E-state index in [0.717, 1.165) is 49.9 Å². The quantitative estimate of drug-likeness (QED) is 0.903. The largest absolute Gasteiger partial charge is 0.368 e. The molecular formula is C13H19N3OS. The lowest BCUT2D eigenvalue weighted by atomic mass is 10.1. The highest BCUT2D eigenvalue weighted by Crippen LogP contribution is 2.27. The molecule has 1 fully saturated rings. The minimum absolute atomic E-state index is 0.0882. The fraction of sp³-hybridized carbons (Fsp3) is 0.692. The Kier molecular flexibility index (Phi) is 3.82. The smallest absolute Gasteiger partial charge is 0.158 e. The van der Waals surface area contributed by atoms with Gasteiger partial charge in [-0.25, -0.2) is 9.97 Å². The zero-order valence-corrected chi connectivity index (χ0v) is 11.6. The maximum atomic E-state index is 5.79. The number of nitrogens with zero attached hydrogens (tertiary/aromatic N) is 2. The summed E-state index contributed by atoms with van der Waals surface area (Å²) in [6.07, 6.45) is 2.26. The van der Waals surface area contributed by atoms with Crippen molar-refractivity contribution in [1.82, 2.24) is 15.3 Å². The molecule has 0 saturated carbocycles. The van der Waals surface area contributed by atoms with E-state index in [4.69, 9.17) is 14.7 Å². The predicted molar refractivity (Wildman–Crippen MR) is 72.6 cm³/mol. The van der Waals surface area contributed by atoms with Gasteiger partial charge in [-0.2, -0.15) is 11.8 Å². The molecule has 1 unspecified atom stereocenters. The molecule has 1 saturated heterocycles. The predicted octanol–water partition coefficient (Wildman–Crippen LogP) is 1.84. The standard InChI is InChI=1S/C13H19N3OS/c1-2-3-10-9-6-14-7-11(9)16-13(15-10)12-8-18-5-4-17-12/h12,14H,2-8H2,1H3. The van der Waals surface area contributed by atoms with Crippen LogP contribution in [0.5, 0.6) is 0 Å². The molecule has 0 aromatic carbocycles. The van der Waals surface area contributed by atoms with Crippen molar-refractivity contribution in [2.45, 2.75) is 39.0 Å². The van der Waals surface area contributed by atoms with Gasteiger partial charge in [0.1, 0.15) is 6.10 Å². The van der Waals surface area contributed by atoms with Crippen LogP contribution >= 0.6 is 11.8 Å². The molecule has 1 aromatic heterocycles. The Balaban J connectivity index is 1.92. The Hall–Kier alpha value is -0.650. The van der Waals surface area contributed by atoms with Crippen molar-refractivity contribution in [2.75, 3.05) is 18.1 Å². The molecular weight excluding hydrogens is 246 g/mol. The molecule has 1 N–H and O–H groups in total. The summed E-state index contributed by atoms with van der Waals surface area (Å²) in [5.41, 5.74) is 3.73. The summed E-state index contributed by atoms with van der Waals surface area (Å²) >= 11 is 1.93. The van der Waals surface area contributed by atoms with Gasteiger partial charge >= 0.3 is 0 Å². The third-order valence-electron chi connectivity index (χ3n) is 3.38. The molecule has 18 heavy (non-hydrogen) atoms. The second-order valence-corrected chi connectivity index (χ2v) is 5.89. The van der Waals surface area contributed by atoms with Crippen LogP contribution in [0, 0.1) is 0 Å². The van der Waals surface area contributed by atoms with Gasteiger partial charge in [0, 0.05) is 35.9 Å². The van der Waals surface area contributed by atoms with Crippen LogP contribution in [0.15, 0.2) is 0 Å². The van der Waals surface area contributed by atoms with E-state index in [-0.39, 0.29) is 6.10 Å². The molecule has 98 valence electrons. The molecule has 3 heterocycles. The fourth-order valence-electron chi connectivity index (χ4n) is 2.48. The highest BCUT2D eigenvalue weighted by atomic mass is 32.2. The summed E-state index contributed by atoms with van der Waals surface area (Å²) in [4.78, 5) is 9.48. The zero-order valence-electron chi connectivity index (χ0n) is 10.7. The summed E-state index contributed by atoms with van der Waals surface area (Å²) in [6.45, 7) is 4.81. The molecule has 1 atom stereocenters. The molecule has 0 amide bonds. The average Bonchev–Trinajstić information content (AvgIpc) is 2.88. The monoisotopic (exact) mass is 265 g/mol. The minimum atomic E-state index is 0.0882. The van der Waals surface area contributed by atoms with Crippen molar-refractivity contribution < 1.29 is 4.74 Å². The molecule has 2 aliphatic heterocycles. The van der Waals surface area contributed by atoms with Gasteiger partial charge in [-0.05, 0) is 6.42 Å². The van der Waals surface area contributed by atoms with Gasteiger partial charge in [0.25, 0.3) is 0 Å². The van der Waals surface area contributed by atoms with Crippen molar-refractivity contribution >= 4 is 11.8 Å². The second-order valence-electron chi connectivity index (χ2n) is 4.74. The highest BCUT2D eigenvalue weighted by Gasteiger charge is 2.24. The van der Waals surface area contributed by atoms with Gasteiger partial charge in [-0.1, -0.05) is 13.3 Å². The lowest BCUT2D eigenvalue weighted by molar-refractivity contribution is 0.0691. The van der Waals surface area contributed by atoms with E-state index in [0.29, 0.717) is 0 Å². The van der Waals surface area contributed by atoms with E-state index < -0.39 is 0 Å². The number of hydrogen-bond donors (Lipinski definition) is 1. The van der Waals surface area contributed by atoms with E-state index in [9.17, 15) is 0 Å². The van der Waals surface area contributed by atoms with Gasteiger partial charge in [0.15, 0.2) is 5.82 Å². The van der Waals surface area contributed by atoms with Gasteiger partial charge in [0.05, 0.1) is 12.3 Å². The van der Waals surface area contributed by atoms with Gasteiger partial charge in [0.2, 0.25) is 0 Å². The topological polar surface area (TPSA) is 47.0 Å². The Labute approximate surface area is 112 Å².